The van der Waals surface area contributed by atoms with Gasteiger partial charge in [-0.15, -0.1) is 0 Å². The average Bonchev–Trinajstić information content (AvgIpc) is 2.85. The number of nitrogens with one attached hydrogen (secondary N) is 2. The molecule has 1 heterocycles. The molecule has 0 aromatic heterocycles. The lowest BCUT2D eigenvalue weighted by Gasteiger charge is -2.19. The van der Waals surface area contributed by atoms with Crippen LogP contribution in [0.25, 0.3) is 0 Å². The molecule has 0 spiro atoms. The van der Waals surface area contributed by atoms with E-state index in [-0.39, 0.29) is 17.6 Å². The first kappa shape index (κ1) is 14.1. The van der Waals surface area contributed by atoms with Gasteiger partial charge >= 0.3 is 0 Å². The van der Waals surface area contributed by atoms with E-state index in [2.05, 4.69) is 15.5 Å². The third-order valence-corrected chi connectivity index (χ3v) is 3.36. The minimum absolute atomic E-state index is 0.0493. The largest absolute Gasteiger partial charge is 0.388 e. The molecule has 1 aromatic rings. The van der Waals surface area contributed by atoms with Crippen LogP contribution in [0.1, 0.15) is 13.3 Å². The van der Waals surface area contributed by atoms with E-state index in [0.29, 0.717) is 12.2 Å². The molecule has 7 nitrogen and oxygen atoms in total. The molecule has 0 saturated carbocycles. The normalized spacial score (nSPS) is 17.9. The van der Waals surface area contributed by atoms with Gasteiger partial charge in [-0.1, -0.05) is 0 Å². The molecule has 1 saturated heterocycles. The van der Waals surface area contributed by atoms with Crippen LogP contribution in [0.2, 0.25) is 0 Å². The van der Waals surface area contributed by atoms with Crippen LogP contribution >= 0.6 is 0 Å². The van der Waals surface area contributed by atoms with E-state index in [1.165, 1.54) is 13.0 Å². The van der Waals surface area contributed by atoms with Crippen LogP contribution in [0.3, 0.4) is 0 Å². The molecule has 1 fully saturated rings. The van der Waals surface area contributed by atoms with Crippen molar-refractivity contribution >= 4 is 23.0 Å². The van der Waals surface area contributed by atoms with E-state index in [0.717, 1.165) is 18.7 Å². The molecule has 1 aromatic carbocycles. The predicted molar refractivity (Wildman–Crippen MR) is 77.1 cm³/mol. The first-order valence-corrected chi connectivity index (χ1v) is 6.49. The highest BCUT2D eigenvalue weighted by atomic mass is 16.6. The Morgan fingerprint density at radius 2 is 2.20 bits per heavy atom. The number of benzene rings is 1. The second-order valence-corrected chi connectivity index (χ2v) is 4.88. The van der Waals surface area contributed by atoms with Crippen molar-refractivity contribution in [2.24, 2.45) is 0 Å². The van der Waals surface area contributed by atoms with E-state index in [9.17, 15) is 14.9 Å². The van der Waals surface area contributed by atoms with E-state index in [1.807, 2.05) is 6.07 Å². The summed E-state index contributed by atoms with van der Waals surface area (Å²) < 4.78 is 0. The maximum atomic E-state index is 11.1. The van der Waals surface area contributed by atoms with Gasteiger partial charge in [0.05, 0.1) is 4.92 Å². The summed E-state index contributed by atoms with van der Waals surface area (Å²) >= 11 is 0. The minimum atomic E-state index is -0.397. The summed E-state index contributed by atoms with van der Waals surface area (Å²) in [6.07, 6.45) is 0.844. The molecule has 108 valence electrons. The standard InChI is InChI=1S/C13H18N4O3/c1-9(18)15-10-3-4-16(8-10)12-5-11(14-2)6-13(7-12)17(19)20/h5-7,10,14H,3-4,8H2,1-2H3,(H,15,18). The lowest BCUT2D eigenvalue weighted by molar-refractivity contribution is -0.384. The van der Waals surface area contributed by atoms with Crippen molar-refractivity contribution in [3.8, 4) is 0 Å². The van der Waals surface area contributed by atoms with E-state index >= 15 is 0 Å². The van der Waals surface area contributed by atoms with E-state index < -0.39 is 4.92 Å². The number of non-ortho nitro benzene ring substituents is 1. The monoisotopic (exact) mass is 278 g/mol. The van der Waals surface area contributed by atoms with Gasteiger partial charge in [0, 0.05) is 56.6 Å². The third-order valence-electron chi connectivity index (χ3n) is 3.36. The number of amides is 1. The fourth-order valence-electron chi connectivity index (χ4n) is 2.43. The molecule has 20 heavy (non-hydrogen) atoms. The highest BCUT2D eigenvalue weighted by molar-refractivity contribution is 5.73. The van der Waals surface area contributed by atoms with Crippen LogP contribution in [-0.4, -0.2) is 37.0 Å². The molecule has 0 radical (unpaired) electrons. The molecule has 7 heteroatoms. The Hall–Kier alpha value is -2.31. The van der Waals surface area contributed by atoms with Crippen molar-refractivity contribution in [3.05, 3.63) is 28.3 Å². The number of carbonyl (C=O) groups excluding carboxylic acids is 1. The molecule has 1 atom stereocenters. The van der Waals surface area contributed by atoms with Crippen molar-refractivity contribution < 1.29 is 9.72 Å². The Morgan fingerprint density at radius 1 is 1.45 bits per heavy atom. The van der Waals surface area contributed by atoms with Crippen molar-refractivity contribution in [3.63, 3.8) is 0 Å². The van der Waals surface area contributed by atoms with Crippen LogP contribution < -0.4 is 15.5 Å². The van der Waals surface area contributed by atoms with Crippen LogP contribution in [0.15, 0.2) is 18.2 Å². The lowest BCUT2D eigenvalue weighted by Crippen LogP contribution is -2.35. The second-order valence-electron chi connectivity index (χ2n) is 4.88. The molecule has 1 amide bonds. The molecule has 0 aliphatic carbocycles. The summed E-state index contributed by atoms with van der Waals surface area (Å²) in [4.78, 5) is 23.7. The van der Waals surface area contributed by atoms with Gasteiger partial charge in [0.2, 0.25) is 5.91 Å². The smallest absolute Gasteiger partial charge is 0.273 e. The van der Waals surface area contributed by atoms with E-state index in [1.54, 1.807) is 13.1 Å². The molecular formula is C13H18N4O3. The van der Waals surface area contributed by atoms with Crippen molar-refractivity contribution in [1.29, 1.82) is 0 Å². The minimum Gasteiger partial charge on any atom is -0.388 e. The zero-order valence-corrected chi connectivity index (χ0v) is 11.5. The number of hydrogen-bond acceptors (Lipinski definition) is 5. The quantitative estimate of drug-likeness (QED) is 0.641. The predicted octanol–water partition coefficient (Wildman–Crippen LogP) is 1.35. The maximum Gasteiger partial charge on any atom is 0.273 e. The van der Waals surface area contributed by atoms with Crippen LogP contribution in [0.4, 0.5) is 17.1 Å². The Balaban J connectivity index is 2.18. The van der Waals surface area contributed by atoms with Crippen LogP contribution in [-0.2, 0) is 4.79 Å². The van der Waals surface area contributed by atoms with E-state index in [4.69, 9.17) is 0 Å². The van der Waals surface area contributed by atoms with Gasteiger partial charge in [-0.3, -0.25) is 14.9 Å². The summed E-state index contributed by atoms with van der Waals surface area (Å²) in [7, 11) is 1.73. The van der Waals surface area contributed by atoms with Gasteiger partial charge in [0.25, 0.3) is 5.69 Å². The average molecular weight is 278 g/mol. The van der Waals surface area contributed by atoms with Gasteiger partial charge in [0.15, 0.2) is 0 Å². The van der Waals surface area contributed by atoms with Crippen molar-refractivity contribution in [1.82, 2.24) is 5.32 Å². The van der Waals surface area contributed by atoms with Gasteiger partial charge < -0.3 is 15.5 Å². The number of anilines is 2. The van der Waals surface area contributed by atoms with Crippen LogP contribution in [0, 0.1) is 10.1 Å². The lowest BCUT2D eigenvalue weighted by atomic mass is 10.2. The van der Waals surface area contributed by atoms with Gasteiger partial charge in [0.1, 0.15) is 0 Å². The molecule has 2 N–H and O–H groups in total. The number of carbonyl (C=O) groups is 1. The fourth-order valence-corrected chi connectivity index (χ4v) is 2.43. The van der Waals surface area contributed by atoms with Crippen molar-refractivity contribution in [2.45, 2.75) is 19.4 Å². The highest BCUT2D eigenvalue weighted by Gasteiger charge is 2.24. The SMILES string of the molecule is CNc1cc(N2CCC(NC(C)=O)C2)cc([N+](=O)[O-])c1. The zero-order chi connectivity index (χ0) is 14.7. The number of hydrogen-bond donors (Lipinski definition) is 2. The molecule has 1 aliphatic heterocycles. The molecule has 0 bridgehead atoms. The molecule has 1 unspecified atom stereocenters. The molecular weight excluding hydrogens is 260 g/mol. The highest BCUT2D eigenvalue weighted by Crippen LogP contribution is 2.29. The Morgan fingerprint density at radius 3 is 2.80 bits per heavy atom. The number of nitrogens with zero attached hydrogens (tertiary/aromatic N) is 2. The summed E-state index contributed by atoms with van der Waals surface area (Å²) in [6.45, 7) is 2.94. The topological polar surface area (TPSA) is 87.5 Å². The second kappa shape index (κ2) is 5.77. The summed E-state index contributed by atoms with van der Waals surface area (Å²) in [5, 5.41) is 16.8. The molecule has 2 rings (SSSR count). The Labute approximate surface area is 117 Å². The fraction of sp³-hybridized carbons (Fsp3) is 0.462. The summed E-state index contributed by atoms with van der Waals surface area (Å²) in [5.74, 6) is -0.0493. The zero-order valence-electron chi connectivity index (χ0n) is 11.5. The first-order valence-electron chi connectivity index (χ1n) is 6.49. The van der Waals surface area contributed by atoms with Gasteiger partial charge in [-0.2, -0.15) is 0 Å². The van der Waals surface area contributed by atoms with Crippen LogP contribution in [0.5, 0.6) is 0 Å². The summed E-state index contributed by atoms with van der Waals surface area (Å²) in [6, 6.07) is 5.05. The summed E-state index contributed by atoms with van der Waals surface area (Å²) in [5.41, 5.74) is 1.57. The van der Waals surface area contributed by atoms with Gasteiger partial charge in [-0.25, -0.2) is 0 Å². The molecule has 1 aliphatic rings. The third kappa shape index (κ3) is 3.17. The first-order chi connectivity index (χ1) is 9.49. The number of nitro groups is 1. The van der Waals surface area contributed by atoms with Gasteiger partial charge in [-0.05, 0) is 12.5 Å². The Kier molecular flexibility index (Phi) is 4.07. The number of nitro benzene ring substituents is 1. The number of rotatable bonds is 4. The van der Waals surface area contributed by atoms with Crippen molar-refractivity contribution in [2.75, 3.05) is 30.4 Å². The Bertz CT molecular complexity index is 532. The maximum absolute atomic E-state index is 11.1.